The van der Waals surface area contributed by atoms with Crippen LogP contribution in [0.1, 0.15) is 5.56 Å². The third-order valence-electron chi connectivity index (χ3n) is 1.11. The van der Waals surface area contributed by atoms with Gasteiger partial charge in [-0.25, -0.2) is 0 Å². The lowest BCUT2D eigenvalue weighted by atomic mass is 10.2. The van der Waals surface area contributed by atoms with Crippen molar-refractivity contribution in [1.82, 2.24) is 0 Å². The molecule has 0 aliphatic carbocycles. The van der Waals surface area contributed by atoms with E-state index in [1.165, 1.54) is 12.1 Å². The first-order chi connectivity index (χ1) is 4.75. The third-order valence-corrected chi connectivity index (χ3v) is 1.42. The molecule has 0 aromatic heterocycles. The zero-order chi connectivity index (χ0) is 7.56. The molecular formula is C7H4ClN2. The number of halogens is 1. The summed E-state index contributed by atoms with van der Waals surface area (Å²) in [5.41, 5.74) is 6.11. The summed E-state index contributed by atoms with van der Waals surface area (Å²) in [6.45, 7) is 0. The predicted molar refractivity (Wildman–Crippen MR) is 39.4 cm³/mol. The van der Waals surface area contributed by atoms with E-state index in [0.29, 0.717) is 16.3 Å². The highest BCUT2D eigenvalue weighted by Gasteiger charge is 1.99. The van der Waals surface area contributed by atoms with E-state index in [2.05, 4.69) is 6.07 Å². The molecule has 2 N–H and O–H groups in total. The quantitative estimate of drug-likeness (QED) is 0.573. The van der Waals surface area contributed by atoms with Gasteiger partial charge in [0.1, 0.15) is 6.07 Å². The van der Waals surface area contributed by atoms with Crippen molar-refractivity contribution in [3.05, 3.63) is 28.8 Å². The third kappa shape index (κ3) is 1.04. The van der Waals surface area contributed by atoms with Gasteiger partial charge in [-0.05, 0) is 18.2 Å². The van der Waals surface area contributed by atoms with E-state index < -0.39 is 0 Å². The van der Waals surface area contributed by atoms with Gasteiger partial charge in [0.25, 0.3) is 0 Å². The largest absolute Gasteiger partial charge is 0.396 e. The molecule has 0 fully saturated rings. The molecule has 1 radical (unpaired) electrons. The monoisotopic (exact) mass is 151 g/mol. The normalized spacial score (nSPS) is 8.80. The van der Waals surface area contributed by atoms with Crippen molar-refractivity contribution in [1.29, 1.82) is 5.26 Å². The fraction of sp³-hybridized carbons (Fsp3) is 0. The molecule has 0 atom stereocenters. The van der Waals surface area contributed by atoms with E-state index in [1.54, 1.807) is 0 Å². The van der Waals surface area contributed by atoms with Crippen LogP contribution in [0.2, 0.25) is 5.02 Å². The van der Waals surface area contributed by atoms with Crippen molar-refractivity contribution in [2.45, 2.75) is 0 Å². The Morgan fingerprint density at radius 3 is 2.80 bits per heavy atom. The lowest BCUT2D eigenvalue weighted by Gasteiger charge is -1.96. The molecule has 0 saturated heterocycles. The van der Waals surface area contributed by atoms with Gasteiger partial charge in [-0.1, -0.05) is 11.6 Å². The van der Waals surface area contributed by atoms with Crippen LogP contribution in [0.5, 0.6) is 0 Å². The maximum absolute atomic E-state index is 8.43. The molecule has 10 heavy (non-hydrogen) atoms. The van der Waals surface area contributed by atoms with Crippen molar-refractivity contribution in [3.8, 4) is 6.07 Å². The van der Waals surface area contributed by atoms with Crippen molar-refractivity contribution >= 4 is 17.3 Å². The van der Waals surface area contributed by atoms with Crippen LogP contribution in [0.25, 0.3) is 0 Å². The highest BCUT2D eigenvalue weighted by atomic mass is 35.5. The molecule has 0 spiro atoms. The van der Waals surface area contributed by atoms with E-state index >= 15 is 0 Å². The molecule has 1 aromatic carbocycles. The molecule has 1 rings (SSSR count). The van der Waals surface area contributed by atoms with Crippen LogP contribution in [-0.4, -0.2) is 0 Å². The smallest absolute Gasteiger partial charge is 0.101 e. The van der Waals surface area contributed by atoms with E-state index in [1.807, 2.05) is 6.07 Å². The number of nitrogens with zero attached hydrogens (tertiary/aromatic N) is 1. The van der Waals surface area contributed by atoms with Crippen molar-refractivity contribution in [3.63, 3.8) is 0 Å². The molecule has 49 valence electrons. The highest BCUT2D eigenvalue weighted by molar-refractivity contribution is 6.33. The van der Waals surface area contributed by atoms with Crippen LogP contribution in [0.3, 0.4) is 0 Å². The second-order valence-electron chi connectivity index (χ2n) is 1.74. The van der Waals surface area contributed by atoms with E-state index in [-0.39, 0.29) is 0 Å². The van der Waals surface area contributed by atoms with Crippen molar-refractivity contribution in [2.24, 2.45) is 0 Å². The molecule has 0 bridgehead atoms. The Kier molecular flexibility index (Phi) is 1.79. The highest BCUT2D eigenvalue weighted by Crippen LogP contribution is 2.20. The molecule has 0 saturated carbocycles. The topological polar surface area (TPSA) is 49.8 Å². The van der Waals surface area contributed by atoms with Crippen LogP contribution >= 0.6 is 11.6 Å². The van der Waals surface area contributed by atoms with Gasteiger partial charge in [-0.15, -0.1) is 0 Å². The van der Waals surface area contributed by atoms with Crippen LogP contribution in [0.4, 0.5) is 5.69 Å². The Morgan fingerprint density at radius 1 is 1.60 bits per heavy atom. The second-order valence-corrected chi connectivity index (χ2v) is 2.15. The first-order valence-electron chi connectivity index (χ1n) is 2.61. The van der Waals surface area contributed by atoms with Gasteiger partial charge in [0.2, 0.25) is 0 Å². The lowest BCUT2D eigenvalue weighted by Crippen LogP contribution is -1.90. The summed E-state index contributed by atoms with van der Waals surface area (Å²) in [7, 11) is 0. The van der Waals surface area contributed by atoms with Crippen LogP contribution in [-0.2, 0) is 0 Å². The number of rotatable bonds is 0. The van der Waals surface area contributed by atoms with Gasteiger partial charge >= 0.3 is 0 Å². The summed E-state index contributed by atoms with van der Waals surface area (Å²) in [6.07, 6.45) is 0. The number of benzene rings is 1. The summed E-state index contributed by atoms with van der Waals surface area (Å²) in [6, 6.07) is 7.61. The average molecular weight is 152 g/mol. The minimum Gasteiger partial charge on any atom is -0.396 e. The number of hydrogen-bond donors (Lipinski definition) is 1. The van der Waals surface area contributed by atoms with Gasteiger partial charge < -0.3 is 5.73 Å². The molecule has 0 aliphatic rings. The zero-order valence-electron chi connectivity index (χ0n) is 5.06. The van der Waals surface area contributed by atoms with E-state index in [4.69, 9.17) is 22.6 Å². The molecule has 0 unspecified atom stereocenters. The minimum atomic E-state index is 0.322. The second kappa shape index (κ2) is 2.59. The van der Waals surface area contributed by atoms with Gasteiger partial charge in [0, 0.05) is 0 Å². The maximum Gasteiger partial charge on any atom is 0.101 e. The predicted octanol–water partition coefficient (Wildman–Crippen LogP) is 1.59. The summed E-state index contributed by atoms with van der Waals surface area (Å²) in [4.78, 5) is 0. The summed E-state index contributed by atoms with van der Waals surface area (Å²) in [5.74, 6) is 0. The minimum absolute atomic E-state index is 0.322. The van der Waals surface area contributed by atoms with E-state index in [9.17, 15) is 0 Å². The first-order valence-corrected chi connectivity index (χ1v) is 2.98. The van der Waals surface area contributed by atoms with Crippen molar-refractivity contribution < 1.29 is 0 Å². The van der Waals surface area contributed by atoms with Gasteiger partial charge in [0.15, 0.2) is 0 Å². The Morgan fingerprint density at radius 2 is 2.30 bits per heavy atom. The molecule has 2 nitrogen and oxygen atoms in total. The number of nitriles is 1. The fourth-order valence-corrected chi connectivity index (χ4v) is 0.740. The zero-order valence-corrected chi connectivity index (χ0v) is 5.81. The summed E-state index contributed by atoms with van der Waals surface area (Å²) in [5, 5.41) is 8.81. The number of hydrogen-bond acceptors (Lipinski definition) is 2. The molecular weight excluding hydrogens is 148 g/mol. The summed E-state index contributed by atoms with van der Waals surface area (Å²) >= 11 is 5.59. The molecule has 0 heterocycles. The van der Waals surface area contributed by atoms with Crippen molar-refractivity contribution in [2.75, 3.05) is 5.73 Å². The molecule has 3 heteroatoms. The molecule has 0 aliphatic heterocycles. The molecule has 1 aromatic rings. The lowest BCUT2D eigenvalue weighted by molar-refractivity contribution is 1.48. The SMILES string of the molecule is N#Cc1c[c]cc(Cl)c1N. The first kappa shape index (κ1) is 6.91. The standard InChI is InChI=1S/C7H4ClN2/c8-6-3-1-2-5(4-9)7(6)10/h2-3H,10H2. The average Bonchev–Trinajstić information content (AvgIpc) is 1.95. The Balaban J connectivity index is 3.31. The van der Waals surface area contributed by atoms with Crippen LogP contribution < -0.4 is 5.73 Å². The maximum atomic E-state index is 8.43. The summed E-state index contributed by atoms with van der Waals surface area (Å²) < 4.78 is 0. The fourth-order valence-electron chi connectivity index (χ4n) is 0.575. The Hall–Kier alpha value is -1.20. The number of nitrogens with two attached hydrogens (primary N) is 1. The molecule has 0 amide bonds. The van der Waals surface area contributed by atoms with Gasteiger partial charge in [-0.3, -0.25) is 0 Å². The Labute approximate surface area is 63.8 Å². The van der Waals surface area contributed by atoms with Crippen LogP contribution in [0.15, 0.2) is 12.1 Å². The number of anilines is 1. The number of nitrogen functional groups attached to an aromatic ring is 1. The van der Waals surface area contributed by atoms with Gasteiger partial charge in [-0.2, -0.15) is 5.26 Å². The Bertz CT molecular complexity index is 288. The van der Waals surface area contributed by atoms with Crippen LogP contribution in [0, 0.1) is 17.4 Å². The van der Waals surface area contributed by atoms with E-state index in [0.717, 1.165) is 0 Å². The van der Waals surface area contributed by atoms with Gasteiger partial charge in [0.05, 0.1) is 16.3 Å².